The summed E-state index contributed by atoms with van der Waals surface area (Å²) in [5.74, 6) is -0.874. The Bertz CT molecular complexity index is 837. The van der Waals surface area contributed by atoms with Crippen LogP contribution in [-0.2, 0) is 21.0 Å². The average Bonchev–Trinajstić information content (AvgIpc) is 2.94. The van der Waals surface area contributed by atoms with Crippen molar-refractivity contribution < 1.29 is 26.4 Å². The van der Waals surface area contributed by atoms with E-state index in [4.69, 9.17) is 0 Å². The molecule has 0 fully saturated rings. The molecule has 0 aliphatic carbocycles. The third kappa shape index (κ3) is 4.96. The van der Waals surface area contributed by atoms with Gasteiger partial charge in [0.25, 0.3) is 0 Å². The summed E-state index contributed by atoms with van der Waals surface area (Å²) in [4.78, 5) is 11.6. The van der Waals surface area contributed by atoms with Crippen LogP contribution in [0.25, 0.3) is 0 Å². The minimum Gasteiger partial charge on any atom is -0.299 e. The smallest absolute Gasteiger partial charge is 0.299 e. The van der Waals surface area contributed by atoms with Gasteiger partial charge in [-0.1, -0.05) is 27.3 Å². The normalized spacial score (nSPS) is 12.2. The summed E-state index contributed by atoms with van der Waals surface area (Å²) in [7, 11) is -3.93. The molecular formula is C11H8BrF3N4O3S2. The molecule has 130 valence electrons. The molecule has 0 saturated heterocycles. The number of halogens is 4. The fourth-order valence-corrected chi connectivity index (χ4v) is 3.28. The average molecular weight is 445 g/mol. The van der Waals surface area contributed by atoms with Gasteiger partial charge in [0.1, 0.15) is 0 Å². The van der Waals surface area contributed by atoms with E-state index < -0.39 is 33.7 Å². The molecule has 1 aromatic carbocycles. The fraction of sp³-hybridized carbons (Fsp3) is 0.182. The van der Waals surface area contributed by atoms with Gasteiger partial charge in [0, 0.05) is 4.47 Å². The van der Waals surface area contributed by atoms with Crippen LogP contribution in [0.5, 0.6) is 0 Å². The van der Waals surface area contributed by atoms with Crippen LogP contribution in [0.3, 0.4) is 0 Å². The molecule has 13 heteroatoms. The van der Waals surface area contributed by atoms with E-state index in [1.54, 1.807) is 0 Å². The van der Waals surface area contributed by atoms with E-state index >= 15 is 0 Å². The third-order valence-corrected chi connectivity index (χ3v) is 5.29. The monoisotopic (exact) mass is 444 g/mol. The van der Waals surface area contributed by atoms with E-state index in [2.05, 4.69) is 26.1 Å². The Morgan fingerprint density at radius 3 is 2.38 bits per heavy atom. The van der Waals surface area contributed by atoms with Gasteiger partial charge >= 0.3 is 6.18 Å². The molecule has 0 bridgehead atoms. The molecule has 7 nitrogen and oxygen atoms in total. The minimum atomic E-state index is -4.66. The minimum absolute atomic E-state index is 0.0613. The van der Waals surface area contributed by atoms with Gasteiger partial charge in [-0.05, 0) is 24.3 Å². The van der Waals surface area contributed by atoms with Crippen LogP contribution >= 0.6 is 27.3 Å². The van der Waals surface area contributed by atoms with Gasteiger partial charge in [0.05, 0.1) is 11.4 Å². The van der Waals surface area contributed by atoms with Crippen molar-refractivity contribution in [2.24, 2.45) is 0 Å². The largest absolute Gasteiger partial charge is 0.445 e. The number of alkyl halides is 3. The molecule has 0 unspecified atom stereocenters. The molecule has 1 amide bonds. The number of sulfonamides is 1. The molecule has 2 N–H and O–H groups in total. The van der Waals surface area contributed by atoms with E-state index in [-0.39, 0.29) is 21.4 Å². The Kier molecular flexibility index (Phi) is 5.57. The third-order valence-electron chi connectivity index (χ3n) is 2.46. The van der Waals surface area contributed by atoms with Gasteiger partial charge in [-0.15, -0.1) is 10.2 Å². The molecule has 0 radical (unpaired) electrons. The molecule has 1 heterocycles. The lowest BCUT2D eigenvalue weighted by Crippen LogP contribution is -2.32. The van der Waals surface area contributed by atoms with Crippen LogP contribution in [0, 0.1) is 0 Å². The van der Waals surface area contributed by atoms with Crippen molar-refractivity contribution in [3.8, 4) is 0 Å². The lowest BCUT2D eigenvalue weighted by molar-refractivity contribution is -0.138. The molecule has 0 atom stereocenters. The number of aromatic nitrogens is 2. The summed E-state index contributed by atoms with van der Waals surface area (Å²) in [5, 5.41) is 6.51. The van der Waals surface area contributed by atoms with Crippen molar-refractivity contribution in [3.63, 3.8) is 0 Å². The SMILES string of the molecule is O=C(CNS(=O)(=O)c1ccc(Br)cc1)Nc1nnc(C(F)(F)F)s1. The van der Waals surface area contributed by atoms with Crippen LogP contribution in [0.1, 0.15) is 5.01 Å². The predicted molar refractivity (Wildman–Crippen MR) is 82.9 cm³/mol. The maximum absolute atomic E-state index is 12.4. The number of benzene rings is 1. The summed E-state index contributed by atoms with van der Waals surface area (Å²) in [6.45, 7) is -0.667. The number of nitrogens with one attached hydrogen (secondary N) is 2. The summed E-state index contributed by atoms with van der Waals surface area (Å²) in [5.41, 5.74) is 0. The zero-order valence-corrected chi connectivity index (χ0v) is 14.7. The van der Waals surface area contributed by atoms with Crippen molar-refractivity contribution >= 4 is 48.3 Å². The van der Waals surface area contributed by atoms with E-state index in [0.29, 0.717) is 4.47 Å². The van der Waals surface area contributed by atoms with E-state index in [1.807, 2.05) is 10.0 Å². The highest BCUT2D eigenvalue weighted by atomic mass is 79.9. The Balaban J connectivity index is 1.95. The number of anilines is 1. The first kappa shape index (κ1) is 18.8. The Labute approximate surface area is 146 Å². The van der Waals surface area contributed by atoms with Crippen molar-refractivity contribution in [2.45, 2.75) is 11.1 Å². The van der Waals surface area contributed by atoms with Gasteiger partial charge in [-0.2, -0.15) is 13.2 Å². The van der Waals surface area contributed by atoms with E-state index in [0.717, 1.165) is 0 Å². The van der Waals surface area contributed by atoms with Crippen LogP contribution in [-0.4, -0.2) is 31.1 Å². The number of carbonyl (C=O) groups is 1. The lowest BCUT2D eigenvalue weighted by Gasteiger charge is -2.06. The van der Waals surface area contributed by atoms with E-state index in [9.17, 15) is 26.4 Å². The molecule has 2 aromatic rings. The van der Waals surface area contributed by atoms with Gasteiger partial charge in [0.2, 0.25) is 26.1 Å². The van der Waals surface area contributed by atoms with Gasteiger partial charge < -0.3 is 0 Å². The maximum Gasteiger partial charge on any atom is 0.445 e. The number of nitrogens with zero attached hydrogens (tertiary/aromatic N) is 2. The van der Waals surface area contributed by atoms with E-state index in [1.165, 1.54) is 24.3 Å². The van der Waals surface area contributed by atoms with Crippen molar-refractivity contribution in [1.82, 2.24) is 14.9 Å². The topological polar surface area (TPSA) is 101 Å². The number of carbonyl (C=O) groups excluding carboxylic acids is 1. The van der Waals surface area contributed by atoms with Crippen LogP contribution < -0.4 is 10.0 Å². The first-order valence-electron chi connectivity index (χ1n) is 6.04. The summed E-state index contributed by atoms with van der Waals surface area (Å²) >= 11 is 3.29. The molecule has 0 saturated carbocycles. The van der Waals surface area contributed by atoms with Gasteiger partial charge in [0.15, 0.2) is 0 Å². The van der Waals surface area contributed by atoms with Crippen LogP contribution in [0.4, 0.5) is 18.3 Å². The standard InChI is InChI=1S/C11H8BrF3N4O3S2/c12-6-1-3-7(4-2-6)24(21,22)16-5-8(20)17-10-19-18-9(23-10)11(13,14)15/h1-4,16H,5H2,(H,17,19,20). The number of amides is 1. The first-order valence-corrected chi connectivity index (χ1v) is 9.13. The number of rotatable bonds is 5. The quantitative estimate of drug-likeness (QED) is 0.736. The fourth-order valence-electron chi connectivity index (χ4n) is 1.41. The Hall–Kier alpha value is -1.57. The first-order chi connectivity index (χ1) is 11.1. The highest BCUT2D eigenvalue weighted by Gasteiger charge is 2.35. The van der Waals surface area contributed by atoms with Crippen molar-refractivity contribution in [3.05, 3.63) is 33.7 Å². The number of hydrogen-bond donors (Lipinski definition) is 2. The molecule has 2 rings (SSSR count). The molecule has 0 spiro atoms. The Morgan fingerprint density at radius 1 is 1.21 bits per heavy atom. The molecule has 24 heavy (non-hydrogen) atoms. The molecule has 0 aliphatic heterocycles. The second-order valence-corrected chi connectivity index (χ2v) is 7.90. The molecule has 0 aliphatic rings. The lowest BCUT2D eigenvalue weighted by atomic mass is 10.4. The zero-order chi connectivity index (χ0) is 18.0. The summed E-state index contributed by atoms with van der Waals surface area (Å²) in [6, 6.07) is 5.67. The highest BCUT2D eigenvalue weighted by molar-refractivity contribution is 9.10. The predicted octanol–water partition coefficient (Wildman–Crippen LogP) is 2.24. The number of hydrogen-bond acceptors (Lipinski definition) is 6. The summed E-state index contributed by atoms with van der Waals surface area (Å²) in [6.07, 6.45) is -4.66. The second kappa shape index (κ2) is 7.13. The molecular weight excluding hydrogens is 437 g/mol. The van der Waals surface area contributed by atoms with Crippen LogP contribution in [0.2, 0.25) is 0 Å². The molecule has 1 aromatic heterocycles. The van der Waals surface area contributed by atoms with Crippen molar-refractivity contribution in [1.29, 1.82) is 0 Å². The Morgan fingerprint density at radius 2 is 1.83 bits per heavy atom. The summed E-state index contributed by atoms with van der Waals surface area (Å²) < 4.78 is 63.7. The zero-order valence-electron chi connectivity index (χ0n) is 11.5. The highest BCUT2D eigenvalue weighted by Crippen LogP contribution is 2.32. The van der Waals surface area contributed by atoms with Gasteiger partial charge in [-0.25, -0.2) is 13.1 Å². The maximum atomic E-state index is 12.4. The van der Waals surface area contributed by atoms with Gasteiger partial charge in [-0.3, -0.25) is 10.1 Å². The van der Waals surface area contributed by atoms with Crippen LogP contribution in [0.15, 0.2) is 33.6 Å². The second-order valence-electron chi connectivity index (χ2n) is 4.24. The van der Waals surface area contributed by atoms with Crippen molar-refractivity contribution in [2.75, 3.05) is 11.9 Å².